The van der Waals surface area contributed by atoms with Gasteiger partial charge in [0, 0.05) is 12.1 Å². The Bertz CT molecular complexity index is 1270. The lowest BCUT2D eigenvalue weighted by molar-refractivity contribution is -0.393. The van der Waals surface area contributed by atoms with Crippen LogP contribution in [0.2, 0.25) is 0 Å². The quantitative estimate of drug-likeness (QED) is 0.173. The highest BCUT2D eigenvalue weighted by Crippen LogP contribution is 2.29. The largest absolute Gasteiger partial charge is 0.423 e. The first kappa shape index (κ1) is 22.5. The highest BCUT2D eigenvalue weighted by Gasteiger charge is 2.21. The normalized spacial score (nSPS) is 10.5. The molecule has 0 aromatic heterocycles. The van der Waals surface area contributed by atoms with Gasteiger partial charge < -0.3 is 4.74 Å². The fourth-order valence-electron chi connectivity index (χ4n) is 2.64. The van der Waals surface area contributed by atoms with Gasteiger partial charge in [-0.3, -0.25) is 35.8 Å². The molecule has 0 aliphatic heterocycles. The molecule has 33 heavy (non-hydrogen) atoms. The van der Waals surface area contributed by atoms with Crippen LogP contribution in [0.1, 0.15) is 15.9 Å². The molecule has 0 heterocycles. The number of carbonyl (C=O) groups excluding carboxylic acids is 1. The van der Waals surface area contributed by atoms with Crippen molar-refractivity contribution in [1.29, 1.82) is 0 Å². The molecule has 1 N–H and O–H groups in total. The van der Waals surface area contributed by atoms with E-state index in [0.717, 1.165) is 12.1 Å². The minimum absolute atomic E-state index is 0.0446. The molecule has 0 fully saturated rings. The van der Waals surface area contributed by atoms with E-state index < -0.39 is 32.1 Å². The van der Waals surface area contributed by atoms with Gasteiger partial charge in [-0.05, 0) is 42.0 Å². The number of esters is 1. The number of nitro groups is 3. The number of rotatable bonds is 8. The number of hydrazone groups is 1. The molecule has 3 aromatic carbocycles. The summed E-state index contributed by atoms with van der Waals surface area (Å²) in [4.78, 5) is 43.0. The van der Waals surface area contributed by atoms with Gasteiger partial charge in [0.15, 0.2) is 0 Å². The zero-order chi connectivity index (χ0) is 24.0. The lowest BCUT2D eigenvalue weighted by Gasteiger charge is -2.05. The predicted octanol–water partition coefficient (Wildman–Crippen LogP) is 4.08. The van der Waals surface area contributed by atoms with Crippen LogP contribution < -0.4 is 10.2 Å². The Kier molecular flexibility index (Phi) is 6.64. The number of hydrogen-bond donors (Lipinski definition) is 1. The molecule has 0 bridgehead atoms. The van der Waals surface area contributed by atoms with E-state index in [4.69, 9.17) is 4.74 Å². The number of nitrogens with one attached hydrogen (secondary N) is 1. The molecule has 166 valence electrons. The van der Waals surface area contributed by atoms with Gasteiger partial charge in [-0.25, -0.2) is 4.79 Å². The molecule has 0 aliphatic rings. The molecule has 0 spiro atoms. The van der Waals surface area contributed by atoms with Crippen LogP contribution in [0, 0.1) is 30.3 Å². The van der Waals surface area contributed by atoms with E-state index in [1.54, 1.807) is 0 Å². The van der Waals surface area contributed by atoms with Crippen LogP contribution in [0.5, 0.6) is 5.75 Å². The fourth-order valence-corrected chi connectivity index (χ4v) is 2.64. The second-order valence-corrected chi connectivity index (χ2v) is 6.32. The lowest BCUT2D eigenvalue weighted by atomic mass is 10.2. The molecule has 3 rings (SSSR count). The number of ether oxygens (including phenoxy) is 1. The van der Waals surface area contributed by atoms with Gasteiger partial charge in [-0.1, -0.05) is 12.1 Å². The Morgan fingerprint density at radius 2 is 1.52 bits per heavy atom. The van der Waals surface area contributed by atoms with E-state index >= 15 is 0 Å². The number of hydrogen-bond acceptors (Lipinski definition) is 10. The second-order valence-electron chi connectivity index (χ2n) is 6.32. The average Bonchev–Trinajstić information content (AvgIpc) is 2.80. The smallest absolute Gasteiger partial charge is 0.350 e. The van der Waals surface area contributed by atoms with Crippen LogP contribution in [0.3, 0.4) is 0 Å². The molecule has 13 nitrogen and oxygen atoms in total. The molecule has 0 saturated heterocycles. The summed E-state index contributed by atoms with van der Waals surface area (Å²) < 4.78 is 5.16. The van der Waals surface area contributed by atoms with Crippen LogP contribution in [0.4, 0.5) is 22.7 Å². The van der Waals surface area contributed by atoms with Crippen molar-refractivity contribution in [2.75, 3.05) is 5.43 Å². The van der Waals surface area contributed by atoms with Crippen LogP contribution >= 0.6 is 0 Å². The molecule has 13 heteroatoms. The SMILES string of the molecule is O=C(Oc1ccc(/C=N\Nc2ccc([N+](=O)[O-])cc2[N+](=O)[O-])cc1)c1ccccc1[N+](=O)[O-]. The maximum Gasteiger partial charge on any atom is 0.350 e. The number of nitrogens with zero attached hydrogens (tertiary/aromatic N) is 4. The van der Waals surface area contributed by atoms with Gasteiger partial charge in [0.25, 0.3) is 11.4 Å². The predicted molar refractivity (Wildman–Crippen MR) is 115 cm³/mol. The molecule has 0 aliphatic carbocycles. The second kappa shape index (κ2) is 9.74. The third kappa shape index (κ3) is 5.49. The molecule has 0 atom stereocenters. The standard InChI is InChI=1S/C20H13N5O8/c26-20(16-3-1-2-4-18(16)24(29)30)33-15-8-5-13(6-9-15)12-21-22-17-10-7-14(23(27)28)11-19(17)25(31)32/h1-12,22H/b21-12-. The van der Waals surface area contributed by atoms with Crippen molar-refractivity contribution < 1.29 is 24.3 Å². The summed E-state index contributed by atoms with van der Waals surface area (Å²) in [5, 5.41) is 36.8. The first-order chi connectivity index (χ1) is 15.8. The summed E-state index contributed by atoms with van der Waals surface area (Å²) in [5.74, 6) is -0.759. The van der Waals surface area contributed by atoms with Crippen molar-refractivity contribution in [3.8, 4) is 5.75 Å². The van der Waals surface area contributed by atoms with Crippen molar-refractivity contribution >= 4 is 34.9 Å². The zero-order valence-corrected chi connectivity index (χ0v) is 16.5. The number of para-hydroxylation sites is 1. The summed E-state index contributed by atoms with van der Waals surface area (Å²) >= 11 is 0. The van der Waals surface area contributed by atoms with Gasteiger partial charge in [0.2, 0.25) is 0 Å². The van der Waals surface area contributed by atoms with E-state index in [0.29, 0.717) is 5.56 Å². The summed E-state index contributed by atoms with van der Waals surface area (Å²) in [5.41, 5.74) is 1.42. The average molecular weight is 451 g/mol. The van der Waals surface area contributed by atoms with Crippen LogP contribution in [-0.2, 0) is 0 Å². The number of non-ortho nitro benzene ring substituents is 1. The van der Waals surface area contributed by atoms with Crippen LogP contribution in [0.15, 0.2) is 71.8 Å². The van der Waals surface area contributed by atoms with E-state index in [9.17, 15) is 35.1 Å². The fraction of sp³-hybridized carbons (Fsp3) is 0. The third-order valence-corrected chi connectivity index (χ3v) is 4.20. The van der Waals surface area contributed by atoms with E-state index in [1.165, 1.54) is 60.8 Å². The Morgan fingerprint density at radius 3 is 2.15 bits per heavy atom. The van der Waals surface area contributed by atoms with E-state index in [1.807, 2.05) is 0 Å². The van der Waals surface area contributed by atoms with Gasteiger partial charge >= 0.3 is 11.7 Å². The maximum absolute atomic E-state index is 12.2. The highest BCUT2D eigenvalue weighted by atomic mass is 16.6. The number of nitro benzene ring substituents is 3. The molecule has 3 aromatic rings. The van der Waals surface area contributed by atoms with Crippen molar-refractivity contribution in [2.45, 2.75) is 0 Å². The maximum atomic E-state index is 12.2. The van der Waals surface area contributed by atoms with Gasteiger partial charge in [-0.15, -0.1) is 0 Å². The Hall–Kier alpha value is -5.20. The van der Waals surface area contributed by atoms with Crippen molar-refractivity contribution in [1.82, 2.24) is 0 Å². The molecule has 0 unspecified atom stereocenters. The van der Waals surface area contributed by atoms with Gasteiger partial charge in [0.05, 0.1) is 27.1 Å². The first-order valence-electron chi connectivity index (χ1n) is 9.04. The summed E-state index contributed by atoms with van der Waals surface area (Å²) in [6, 6.07) is 14.4. The molecular weight excluding hydrogens is 438 g/mol. The summed E-state index contributed by atoms with van der Waals surface area (Å²) in [7, 11) is 0. The van der Waals surface area contributed by atoms with E-state index in [-0.39, 0.29) is 22.7 Å². The molecule has 0 amide bonds. The summed E-state index contributed by atoms with van der Waals surface area (Å²) in [6.45, 7) is 0. The van der Waals surface area contributed by atoms with Crippen molar-refractivity contribution in [2.24, 2.45) is 5.10 Å². The van der Waals surface area contributed by atoms with Crippen LogP contribution in [-0.4, -0.2) is 27.0 Å². The lowest BCUT2D eigenvalue weighted by Crippen LogP contribution is -2.11. The minimum Gasteiger partial charge on any atom is -0.423 e. The number of anilines is 1. The number of benzene rings is 3. The first-order valence-corrected chi connectivity index (χ1v) is 9.04. The topological polar surface area (TPSA) is 180 Å². The van der Waals surface area contributed by atoms with Crippen molar-refractivity contribution in [3.63, 3.8) is 0 Å². The summed E-state index contributed by atoms with van der Waals surface area (Å²) in [6.07, 6.45) is 1.32. The Balaban J connectivity index is 1.68. The zero-order valence-electron chi connectivity index (χ0n) is 16.5. The minimum atomic E-state index is -0.893. The molecule has 0 radical (unpaired) electrons. The van der Waals surface area contributed by atoms with E-state index in [2.05, 4.69) is 10.5 Å². The Labute approximate surface area is 184 Å². The molecule has 0 saturated carbocycles. The van der Waals surface area contributed by atoms with Gasteiger partial charge in [-0.2, -0.15) is 5.10 Å². The van der Waals surface area contributed by atoms with Gasteiger partial charge in [0.1, 0.15) is 17.0 Å². The highest BCUT2D eigenvalue weighted by molar-refractivity contribution is 5.95. The van der Waals surface area contributed by atoms with Crippen LogP contribution in [0.25, 0.3) is 0 Å². The molecular formula is C20H13N5O8. The Morgan fingerprint density at radius 1 is 0.848 bits per heavy atom. The van der Waals surface area contributed by atoms with Crippen molar-refractivity contribution in [3.05, 3.63) is 108 Å². The monoisotopic (exact) mass is 451 g/mol. The number of carbonyl (C=O) groups is 1. The third-order valence-electron chi connectivity index (χ3n) is 4.20.